The molecule has 0 aliphatic rings. The van der Waals surface area contributed by atoms with Crippen molar-refractivity contribution in [1.82, 2.24) is 4.98 Å². The number of aryl methyl sites for hydroxylation is 1. The van der Waals surface area contributed by atoms with E-state index in [4.69, 9.17) is 11.6 Å². The molecule has 1 nitrogen and oxygen atoms in total. The zero-order valence-electron chi connectivity index (χ0n) is 7.31. The van der Waals surface area contributed by atoms with E-state index in [0.717, 1.165) is 5.56 Å². The topological polar surface area (TPSA) is 12.9 Å². The van der Waals surface area contributed by atoms with Crippen LogP contribution in [0.15, 0.2) is 18.3 Å². The number of pyridine rings is 1. The Bertz CT molecular complexity index is 298. The predicted octanol–water partition coefficient (Wildman–Crippen LogP) is 3.62. The van der Waals surface area contributed by atoms with Gasteiger partial charge in [0, 0.05) is 12.6 Å². The van der Waals surface area contributed by atoms with Crippen LogP contribution < -0.4 is 0 Å². The minimum atomic E-state index is -4.07. The molecule has 1 aromatic rings. The smallest absolute Gasteiger partial charge is 0.245 e. The third kappa shape index (κ3) is 4.46. The molecule has 0 aliphatic heterocycles. The van der Waals surface area contributed by atoms with Crippen molar-refractivity contribution in [3.63, 3.8) is 0 Å². The minimum absolute atomic E-state index is 0.0871. The molecule has 1 heterocycles. The fraction of sp³-hybridized carbons (Fsp3) is 0.444. The van der Waals surface area contributed by atoms with Crippen molar-refractivity contribution in [3.05, 3.63) is 29.0 Å². The number of aromatic nitrogens is 1. The van der Waals surface area contributed by atoms with Gasteiger partial charge in [0.25, 0.3) is 0 Å². The molecule has 0 saturated carbocycles. The molecule has 14 heavy (non-hydrogen) atoms. The molecule has 0 saturated heterocycles. The number of alkyl halides is 3. The van der Waals surface area contributed by atoms with E-state index < -0.39 is 12.6 Å². The summed E-state index contributed by atoms with van der Waals surface area (Å²) in [5.74, 6) is 0. The van der Waals surface area contributed by atoms with E-state index >= 15 is 0 Å². The lowest BCUT2D eigenvalue weighted by atomic mass is 10.1. The molecule has 5 heteroatoms. The maximum Gasteiger partial charge on any atom is 0.389 e. The highest BCUT2D eigenvalue weighted by Gasteiger charge is 2.25. The van der Waals surface area contributed by atoms with E-state index in [2.05, 4.69) is 4.98 Å². The molecule has 0 amide bonds. The third-order valence-electron chi connectivity index (χ3n) is 1.72. The van der Waals surface area contributed by atoms with Gasteiger partial charge >= 0.3 is 6.18 Å². The average molecular weight is 224 g/mol. The van der Waals surface area contributed by atoms with Crippen molar-refractivity contribution in [2.75, 3.05) is 0 Å². The summed E-state index contributed by atoms with van der Waals surface area (Å²) in [5.41, 5.74) is 0.786. The Morgan fingerprint density at radius 2 is 2.07 bits per heavy atom. The lowest BCUT2D eigenvalue weighted by Gasteiger charge is -2.05. The van der Waals surface area contributed by atoms with E-state index in [0.29, 0.717) is 11.6 Å². The quantitative estimate of drug-likeness (QED) is 0.714. The predicted molar refractivity (Wildman–Crippen MR) is 48.2 cm³/mol. The van der Waals surface area contributed by atoms with E-state index in [1.54, 1.807) is 12.1 Å². The van der Waals surface area contributed by atoms with Gasteiger partial charge in [0.2, 0.25) is 0 Å². The maximum atomic E-state index is 11.8. The normalized spacial score (nSPS) is 11.7. The molecule has 0 radical (unpaired) electrons. The molecule has 78 valence electrons. The lowest BCUT2D eigenvalue weighted by molar-refractivity contribution is -0.135. The lowest BCUT2D eigenvalue weighted by Crippen LogP contribution is -2.07. The summed E-state index contributed by atoms with van der Waals surface area (Å²) in [4.78, 5) is 3.74. The van der Waals surface area contributed by atoms with E-state index in [1.807, 2.05) is 0 Å². The van der Waals surface area contributed by atoms with Crippen LogP contribution >= 0.6 is 11.6 Å². The standard InChI is InChI=1S/C9H9ClF3N/c10-8-6-7(3-5-14-8)2-1-4-9(11,12)13/h3,5-6H,1-2,4H2. The van der Waals surface area contributed by atoms with Crippen LogP contribution in [0.3, 0.4) is 0 Å². The highest BCUT2D eigenvalue weighted by molar-refractivity contribution is 6.29. The fourth-order valence-electron chi connectivity index (χ4n) is 1.09. The summed E-state index contributed by atoms with van der Waals surface area (Å²) in [6.45, 7) is 0. The first-order valence-electron chi connectivity index (χ1n) is 4.14. The van der Waals surface area contributed by atoms with E-state index in [1.165, 1.54) is 6.20 Å². The summed E-state index contributed by atoms with van der Waals surface area (Å²) < 4.78 is 35.4. The zero-order valence-corrected chi connectivity index (χ0v) is 8.07. The van der Waals surface area contributed by atoms with Crippen molar-refractivity contribution >= 4 is 11.6 Å². The molecule has 0 atom stereocenters. The Morgan fingerprint density at radius 3 is 2.64 bits per heavy atom. The van der Waals surface area contributed by atoms with Crippen molar-refractivity contribution in [3.8, 4) is 0 Å². The maximum absolute atomic E-state index is 11.8. The largest absolute Gasteiger partial charge is 0.389 e. The number of hydrogen-bond donors (Lipinski definition) is 0. The summed E-state index contributed by atoms with van der Waals surface area (Å²) in [5, 5.41) is 0.314. The van der Waals surface area contributed by atoms with Crippen molar-refractivity contribution < 1.29 is 13.2 Å². The average Bonchev–Trinajstić information content (AvgIpc) is 2.01. The van der Waals surface area contributed by atoms with Gasteiger partial charge in [0.1, 0.15) is 5.15 Å². The van der Waals surface area contributed by atoms with Crippen molar-refractivity contribution in [2.45, 2.75) is 25.4 Å². The summed E-state index contributed by atoms with van der Waals surface area (Å²) in [6.07, 6.45) is -2.87. The Hall–Kier alpha value is -0.770. The molecule has 1 rings (SSSR count). The van der Waals surface area contributed by atoms with Crippen LogP contribution in [0, 0.1) is 0 Å². The third-order valence-corrected chi connectivity index (χ3v) is 1.92. The Balaban J connectivity index is 2.39. The van der Waals surface area contributed by atoms with Crippen molar-refractivity contribution in [2.24, 2.45) is 0 Å². The second kappa shape index (κ2) is 4.64. The molecular weight excluding hydrogens is 215 g/mol. The first kappa shape index (κ1) is 11.3. The Labute approximate surface area is 84.9 Å². The molecule has 0 N–H and O–H groups in total. The number of rotatable bonds is 3. The van der Waals surface area contributed by atoms with Crippen LogP contribution in [-0.2, 0) is 6.42 Å². The van der Waals surface area contributed by atoms with Gasteiger partial charge in [-0.1, -0.05) is 11.6 Å². The fourth-order valence-corrected chi connectivity index (χ4v) is 1.29. The second-order valence-electron chi connectivity index (χ2n) is 2.96. The van der Waals surface area contributed by atoms with Gasteiger partial charge in [-0.15, -0.1) is 0 Å². The highest BCUT2D eigenvalue weighted by Crippen LogP contribution is 2.22. The van der Waals surface area contributed by atoms with Gasteiger partial charge in [0.15, 0.2) is 0 Å². The molecule has 0 bridgehead atoms. The SMILES string of the molecule is FC(F)(F)CCCc1ccnc(Cl)c1. The molecule has 0 fully saturated rings. The minimum Gasteiger partial charge on any atom is -0.245 e. The van der Waals surface area contributed by atoms with Crippen molar-refractivity contribution in [1.29, 1.82) is 0 Å². The van der Waals surface area contributed by atoms with Gasteiger partial charge in [-0.25, -0.2) is 4.98 Å². The first-order chi connectivity index (χ1) is 6.47. The second-order valence-corrected chi connectivity index (χ2v) is 3.34. The summed E-state index contributed by atoms with van der Waals surface area (Å²) in [6, 6.07) is 3.25. The van der Waals surface area contributed by atoms with Crippen LogP contribution in [0.1, 0.15) is 18.4 Å². The highest BCUT2D eigenvalue weighted by atomic mass is 35.5. The van der Waals surface area contributed by atoms with Crippen LogP contribution in [-0.4, -0.2) is 11.2 Å². The number of nitrogens with zero attached hydrogens (tertiary/aromatic N) is 1. The van der Waals surface area contributed by atoms with Crippen LogP contribution in [0.4, 0.5) is 13.2 Å². The van der Waals surface area contributed by atoms with E-state index in [9.17, 15) is 13.2 Å². The van der Waals surface area contributed by atoms with Gasteiger partial charge in [-0.2, -0.15) is 13.2 Å². The molecule has 0 aromatic carbocycles. The monoisotopic (exact) mass is 223 g/mol. The molecule has 0 aliphatic carbocycles. The van der Waals surface area contributed by atoms with Crippen LogP contribution in [0.2, 0.25) is 5.15 Å². The molecule has 1 aromatic heterocycles. The van der Waals surface area contributed by atoms with Gasteiger partial charge in [-0.05, 0) is 30.5 Å². The van der Waals surface area contributed by atoms with Gasteiger partial charge in [-0.3, -0.25) is 0 Å². The molecular formula is C9H9ClF3N. The molecule has 0 spiro atoms. The summed E-state index contributed by atoms with van der Waals surface area (Å²) in [7, 11) is 0. The van der Waals surface area contributed by atoms with Crippen LogP contribution in [0.5, 0.6) is 0 Å². The Morgan fingerprint density at radius 1 is 1.36 bits per heavy atom. The zero-order chi connectivity index (χ0) is 10.6. The number of halogens is 4. The summed E-state index contributed by atoms with van der Waals surface area (Å²) >= 11 is 5.58. The number of hydrogen-bond acceptors (Lipinski definition) is 1. The first-order valence-corrected chi connectivity index (χ1v) is 4.52. The Kier molecular flexibility index (Phi) is 3.75. The molecule has 0 unspecified atom stereocenters. The van der Waals surface area contributed by atoms with Crippen LogP contribution in [0.25, 0.3) is 0 Å². The van der Waals surface area contributed by atoms with E-state index in [-0.39, 0.29) is 6.42 Å². The van der Waals surface area contributed by atoms with Gasteiger partial charge < -0.3 is 0 Å². The van der Waals surface area contributed by atoms with Gasteiger partial charge in [0.05, 0.1) is 0 Å².